The molecule has 0 bridgehead atoms. The third kappa shape index (κ3) is 6.20. The highest BCUT2D eigenvalue weighted by atomic mass is 16.5. The molecule has 0 radical (unpaired) electrons. The van der Waals surface area contributed by atoms with Gasteiger partial charge in [0.2, 0.25) is 0 Å². The number of carbonyl (C=O) groups excluding carboxylic acids is 1. The SMILES string of the molecule is C/C=C/CCNC(=O)c1ccc(COC(C)C)cc1. The number of hydrogen-bond acceptors (Lipinski definition) is 2. The molecule has 0 saturated heterocycles. The minimum atomic E-state index is -0.0270. The van der Waals surface area contributed by atoms with Gasteiger partial charge in [0.15, 0.2) is 0 Å². The largest absolute Gasteiger partial charge is 0.374 e. The molecule has 0 heterocycles. The van der Waals surface area contributed by atoms with Crippen LogP contribution in [0.4, 0.5) is 0 Å². The van der Waals surface area contributed by atoms with Gasteiger partial charge in [-0.05, 0) is 44.9 Å². The molecule has 1 N–H and O–H groups in total. The highest BCUT2D eigenvalue weighted by Gasteiger charge is 2.04. The first kappa shape index (κ1) is 15.4. The number of ether oxygens (including phenoxy) is 1. The van der Waals surface area contributed by atoms with E-state index >= 15 is 0 Å². The smallest absolute Gasteiger partial charge is 0.251 e. The molecule has 0 atom stereocenters. The molecule has 1 rings (SSSR count). The molecule has 1 aromatic rings. The maximum absolute atomic E-state index is 11.8. The van der Waals surface area contributed by atoms with Crippen molar-refractivity contribution in [2.24, 2.45) is 0 Å². The van der Waals surface area contributed by atoms with E-state index in [0.29, 0.717) is 18.7 Å². The van der Waals surface area contributed by atoms with Crippen LogP contribution < -0.4 is 5.32 Å². The number of amides is 1. The molecule has 3 heteroatoms. The first-order valence-corrected chi connectivity index (χ1v) is 6.73. The Morgan fingerprint density at radius 2 is 2.00 bits per heavy atom. The van der Waals surface area contributed by atoms with Gasteiger partial charge in [-0.1, -0.05) is 24.3 Å². The van der Waals surface area contributed by atoms with Crippen molar-refractivity contribution in [1.29, 1.82) is 0 Å². The molecule has 19 heavy (non-hydrogen) atoms. The predicted octanol–water partition coefficient (Wildman–Crippen LogP) is 3.31. The minimum absolute atomic E-state index is 0.0270. The average Bonchev–Trinajstić information content (AvgIpc) is 2.41. The molecule has 0 unspecified atom stereocenters. The molecule has 3 nitrogen and oxygen atoms in total. The maximum atomic E-state index is 11.8. The Morgan fingerprint density at radius 3 is 2.58 bits per heavy atom. The first-order chi connectivity index (χ1) is 9.13. The molecule has 0 aliphatic carbocycles. The van der Waals surface area contributed by atoms with E-state index < -0.39 is 0 Å². The molecule has 1 aromatic carbocycles. The Labute approximate surface area is 115 Å². The molecular formula is C16H23NO2. The van der Waals surface area contributed by atoms with E-state index in [2.05, 4.69) is 5.32 Å². The van der Waals surface area contributed by atoms with Gasteiger partial charge < -0.3 is 10.1 Å². The quantitative estimate of drug-likeness (QED) is 0.604. The average molecular weight is 261 g/mol. The van der Waals surface area contributed by atoms with Gasteiger partial charge in [-0.15, -0.1) is 0 Å². The first-order valence-electron chi connectivity index (χ1n) is 6.73. The van der Waals surface area contributed by atoms with Gasteiger partial charge in [-0.2, -0.15) is 0 Å². The van der Waals surface area contributed by atoms with Crippen LogP contribution in [0.1, 0.15) is 43.1 Å². The number of rotatable bonds is 7. The molecule has 1 amide bonds. The highest BCUT2D eigenvalue weighted by molar-refractivity contribution is 5.94. The number of allylic oxidation sites excluding steroid dienone is 1. The van der Waals surface area contributed by atoms with E-state index in [-0.39, 0.29) is 12.0 Å². The van der Waals surface area contributed by atoms with Crippen molar-refractivity contribution in [1.82, 2.24) is 5.32 Å². The fourth-order valence-electron chi connectivity index (χ4n) is 1.55. The molecule has 104 valence electrons. The summed E-state index contributed by atoms with van der Waals surface area (Å²) in [7, 11) is 0. The predicted molar refractivity (Wildman–Crippen MR) is 78.1 cm³/mol. The Hall–Kier alpha value is -1.61. The van der Waals surface area contributed by atoms with Gasteiger partial charge in [0.25, 0.3) is 5.91 Å². The molecule has 0 fully saturated rings. The lowest BCUT2D eigenvalue weighted by atomic mass is 10.1. The lowest BCUT2D eigenvalue weighted by molar-refractivity contribution is 0.0657. The van der Waals surface area contributed by atoms with E-state index in [1.807, 2.05) is 57.2 Å². The minimum Gasteiger partial charge on any atom is -0.374 e. The summed E-state index contributed by atoms with van der Waals surface area (Å²) < 4.78 is 5.51. The number of benzene rings is 1. The molecular weight excluding hydrogens is 238 g/mol. The number of hydrogen-bond donors (Lipinski definition) is 1. The van der Waals surface area contributed by atoms with Crippen molar-refractivity contribution in [2.45, 2.75) is 39.9 Å². The summed E-state index contributed by atoms with van der Waals surface area (Å²) in [6.45, 7) is 7.24. The van der Waals surface area contributed by atoms with E-state index in [1.165, 1.54) is 0 Å². The maximum Gasteiger partial charge on any atom is 0.251 e. The van der Waals surface area contributed by atoms with Crippen LogP contribution in [0.15, 0.2) is 36.4 Å². The summed E-state index contributed by atoms with van der Waals surface area (Å²) in [5.74, 6) is -0.0270. The van der Waals surface area contributed by atoms with Crippen LogP contribution in [-0.4, -0.2) is 18.6 Å². The van der Waals surface area contributed by atoms with Gasteiger partial charge in [0.05, 0.1) is 12.7 Å². The summed E-state index contributed by atoms with van der Waals surface area (Å²) in [4.78, 5) is 11.8. The van der Waals surface area contributed by atoms with Crippen molar-refractivity contribution in [3.05, 3.63) is 47.5 Å². The van der Waals surface area contributed by atoms with E-state index in [9.17, 15) is 4.79 Å². The molecule has 0 aliphatic rings. The number of carbonyl (C=O) groups is 1. The molecule has 0 saturated carbocycles. The molecule has 0 aromatic heterocycles. The zero-order chi connectivity index (χ0) is 14.1. The van der Waals surface area contributed by atoms with Crippen LogP contribution in [0.2, 0.25) is 0 Å². The second-order valence-corrected chi connectivity index (χ2v) is 4.67. The Morgan fingerprint density at radius 1 is 1.32 bits per heavy atom. The van der Waals surface area contributed by atoms with Crippen LogP contribution in [-0.2, 0) is 11.3 Å². The van der Waals surface area contributed by atoms with E-state index in [1.54, 1.807) is 0 Å². The third-order valence-electron chi connectivity index (χ3n) is 2.63. The summed E-state index contributed by atoms with van der Waals surface area (Å²) in [6, 6.07) is 7.54. The van der Waals surface area contributed by atoms with Gasteiger partial charge in [-0.25, -0.2) is 0 Å². The van der Waals surface area contributed by atoms with Gasteiger partial charge in [0.1, 0.15) is 0 Å². The van der Waals surface area contributed by atoms with Crippen LogP contribution in [0.25, 0.3) is 0 Å². The van der Waals surface area contributed by atoms with Crippen LogP contribution in [0.3, 0.4) is 0 Å². The zero-order valence-corrected chi connectivity index (χ0v) is 12.0. The molecule has 0 spiro atoms. The van der Waals surface area contributed by atoms with Crippen LogP contribution in [0.5, 0.6) is 0 Å². The molecule has 0 aliphatic heterocycles. The van der Waals surface area contributed by atoms with Crippen molar-refractivity contribution in [2.75, 3.05) is 6.54 Å². The summed E-state index contributed by atoms with van der Waals surface area (Å²) in [6.07, 6.45) is 5.10. The van der Waals surface area contributed by atoms with Crippen molar-refractivity contribution < 1.29 is 9.53 Å². The van der Waals surface area contributed by atoms with Crippen LogP contribution in [0, 0.1) is 0 Å². The summed E-state index contributed by atoms with van der Waals surface area (Å²) in [5, 5.41) is 2.88. The van der Waals surface area contributed by atoms with Crippen molar-refractivity contribution in [3.63, 3.8) is 0 Å². The fraction of sp³-hybridized carbons (Fsp3) is 0.438. The lowest BCUT2D eigenvalue weighted by Crippen LogP contribution is -2.24. The Balaban J connectivity index is 2.44. The van der Waals surface area contributed by atoms with E-state index in [0.717, 1.165) is 12.0 Å². The summed E-state index contributed by atoms with van der Waals surface area (Å²) >= 11 is 0. The third-order valence-corrected chi connectivity index (χ3v) is 2.63. The zero-order valence-electron chi connectivity index (χ0n) is 12.0. The van der Waals surface area contributed by atoms with Gasteiger partial charge in [-0.3, -0.25) is 4.79 Å². The highest BCUT2D eigenvalue weighted by Crippen LogP contribution is 2.07. The van der Waals surface area contributed by atoms with Crippen LogP contribution >= 0.6 is 0 Å². The second-order valence-electron chi connectivity index (χ2n) is 4.67. The Bertz CT molecular complexity index is 407. The fourth-order valence-corrected chi connectivity index (χ4v) is 1.55. The standard InChI is InChI=1S/C16H23NO2/c1-4-5-6-11-17-16(18)15-9-7-14(8-10-15)12-19-13(2)3/h4-5,7-10,13H,6,11-12H2,1-3H3,(H,17,18)/b5-4+. The second kappa shape index (κ2) is 8.48. The van der Waals surface area contributed by atoms with Gasteiger partial charge >= 0.3 is 0 Å². The normalized spacial score (nSPS) is 11.2. The van der Waals surface area contributed by atoms with Crippen molar-refractivity contribution >= 4 is 5.91 Å². The monoisotopic (exact) mass is 261 g/mol. The lowest BCUT2D eigenvalue weighted by Gasteiger charge is -2.08. The van der Waals surface area contributed by atoms with E-state index in [4.69, 9.17) is 4.74 Å². The number of nitrogens with one attached hydrogen (secondary N) is 1. The topological polar surface area (TPSA) is 38.3 Å². The Kier molecular flexibility index (Phi) is 6.90. The van der Waals surface area contributed by atoms with Crippen molar-refractivity contribution in [3.8, 4) is 0 Å². The van der Waals surface area contributed by atoms with Gasteiger partial charge in [0, 0.05) is 12.1 Å². The summed E-state index contributed by atoms with van der Waals surface area (Å²) in [5.41, 5.74) is 1.77.